The average molecular weight is 446 g/mol. The van der Waals surface area contributed by atoms with E-state index in [9.17, 15) is 5.26 Å². The number of anilines is 2. The van der Waals surface area contributed by atoms with E-state index in [2.05, 4.69) is 47.5 Å². The Morgan fingerprint density at radius 2 is 1.93 bits per heavy atom. The standard InChI is InChI=1S/C20H17Cl2N3OSSi/c1-26-18-9-16(14(21)8-15(18)22)25-19-12(10-23)11-24-17-7-13(27-20(17)19)5-6-28(2,3)4/h7-9,11H,1-4H3,(H,24,25). The molecule has 28 heavy (non-hydrogen) atoms. The van der Waals surface area contributed by atoms with E-state index in [-0.39, 0.29) is 0 Å². The van der Waals surface area contributed by atoms with E-state index in [0.717, 1.165) is 15.1 Å². The number of fused-ring (bicyclic) bond motifs is 1. The van der Waals surface area contributed by atoms with E-state index in [1.807, 2.05) is 6.07 Å². The predicted molar refractivity (Wildman–Crippen MR) is 121 cm³/mol. The molecule has 0 atom stereocenters. The lowest BCUT2D eigenvalue weighted by atomic mass is 10.2. The van der Waals surface area contributed by atoms with Crippen molar-refractivity contribution in [2.75, 3.05) is 12.4 Å². The molecule has 1 N–H and O–H groups in total. The van der Waals surface area contributed by atoms with Gasteiger partial charge in [-0.2, -0.15) is 5.26 Å². The van der Waals surface area contributed by atoms with Gasteiger partial charge < -0.3 is 10.1 Å². The number of thiophene rings is 1. The molecule has 0 saturated carbocycles. The largest absolute Gasteiger partial charge is 0.495 e. The van der Waals surface area contributed by atoms with Crippen LogP contribution in [-0.2, 0) is 0 Å². The number of aromatic nitrogens is 1. The third-order valence-electron chi connectivity index (χ3n) is 3.72. The van der Waals surface area contributed by atoms with Crippen molar-refractivity contribution in [1.82, 2.24) is 4.98 Å². The van der Waals surface area contributed by atoms with Crippen molar-refractivity contribution < 1.29 is 4.74 Å². The molecule has 0 saturated heterocycles. The van der Waals surface area contributed by atoms with Crippen molar-refractivity contribution >= 4 is 64.2 Å². The number of pyridine rings is 1. The molecule has 0 amide bonds. The van der Waals surface area contributed by atoms with Gasteiger partial charge >= 0.3 is 0 Å². The highest BCUT2D eigenvalue weighted by Gasteiger charge is 2.16. The van der Waals surface area contributed by atoms with Gasteiger partial charge in [-0.3, -0.25) is 4.98 Å². The molecule has 0 aliphatic rings. The Bertz CT molecular complexity index is 1170. The van der Waals surface area contributed by atoms with Gasteiger partial charge in [0.05, 0.1) is 49.2 Å². The Hall–Kier alpha value is -2.22. The summed E-state index contributed by atoms with van der Waals surface area (Å²) in [6, 6.07) is 7.44. The van der Waals surface area contributed by atoms with Crippen molar-refractivity contribution in [3.05, 3.63) is 44.9 Å². The number of methoxy groups -OCH3 is 1. The maximum Gasteiger partial charge on any atom is 0.139 e. The minimum atomic E-state index is -1.49. The highest BCUT2D eigenvalue weighted by Crippen LogP contribution is 2.39. The van der Waals surface area contributed by atoms with E-state index in [0.29, 0.717) is 32.7 Å². The van der Waals surface area contributed by atoms with Gasteiger partial charge in [0.1, 0.15) is 19.9 Å². The number of nitrogens with one attached hydrogen (secondary N) is 1. The van der Waals surface area contributed by atoms with Crippen molar-refractivity contribution in [3.8, 4) is 23.3 Å². The van der Waals surface area contributed by atoms with Gasteiger partial charge in [-0.05, 0) is 12.1 Å². The lowest BCUT2D eigenvalue weighted by molar-refractivity contribution is 0.415. The predicted octanol–water partition coefficient (Wildman–Crippen LogP) is 6.46. The van der Waals surface area contributed by atoms with Gasteiger partial charge in [0.25, 0.3) is 0 Å². The quantitative estimate of drug-likeness (QED) is 0.371. The molecule has 0 radical (unpaired) electrons. The van der Waals surface area contributed by atoms with Crippen LogP contribution in [0.2, 0.25) is 29.7 Å². The number of nitrogens with zero attached hydrogens (tertiary/aromatic N) is 2. The van der Waals surface area contributed by atoms with Crippen molar-refractivity contribution in [1.29, 1.82) is 5.26 Å². The number of hydrogen-bond donors (Lipinski definition) is 1. The first-order valence-corrected chi connectivity index (χ1v) is 13.4. The summed E-state index contributed by atoms with van der Waals surface area (Å²) in [7, 11) is 0.0434. The zero-order valence-corrected chi connectivity index (χ0v) is 19.1. The summed E-state index contributed by atoms with van der Waals surface area (Å²) in [6.07, 6.45) is 1.55. The summed E-state index contributed by atoms with van der Waals surface area (Å²) in [5.74, 6) is 3.75. The fourth-order valence-corrected chi connectivity index (χ4v) is 4.49. The van der Waals surface area contributed by atoms with Gasteiger partial charge in [0, 0.05) is 12.3 Å². The SMILES string of the molecule is COc1cc(Nc2c(C#N)cnc3cc(C#C[Si](C)(C)C)sc23)c(Cl)cc1Cl. The molecule has 3 rings (SSSR count). The highest BCUT2D eigenvalue weighted by molar-refractivity contribution is 7.20. The van der Waals surface area contributed by atoms with Crippen LogP contribution in [-0.4, -0.2) is 20.2 Å². The van der Waals surface area contributed by atoms with Crippen LogP contribution < -0.4 is 10.1 Å². The molecule has 2 aromatic heterocycles. The second-order valence-corrected chi connectivity index (χ2v) is 13.7. The summed E-state index contributed by atoms with van der Waals surface area (Å²) < 4.78 is 6.12. The lowest BCUT2D eigenvalue weighted by Gasteiger charge is -2.13. The summed E-state index contributed by atoms with van der Waals surface area (Å²) in [4.78, 5) is 5.32. The topological polar surface area (TPSA) is 57.9 Å². The monoisotopic (exact) mass is 445 g/mol. The van der Waals surface area contributed by atoms with Gasteiger partial charge in [0.2, 0.25) is 0 Å². The molecule has 4 nitrogen and oxygen atoms in total. The number of benzene rings is 1. The third kappa shape index (κ3) is 4.43. The molecule has 0 bridgehead atoms. The van der Waals surface area contributed by atoms with Gasteiger partial charge in [-0.1, -0.05) is 48.8 Å². The van der Waals surface area contributed by atoms with Crippen LogP contribution in [0, 0.1) is 22.8 Å². The Kier molecular flexibility index (Phi) is 5.88. The number of ether oxygens (including phenoxy) is 1. The van der Waals surface area contributed by atoms with Crippen LogP contribution in [0.25, 0.3) is 10.2 Å². The van der Waals surface area contributed by atoms with E-state index >= 15 is 0 Å². The number of rotatable bonds is 3. The molecule has 142 valence electrons. The van der Waals surface area contributed by atoms with E-state index in [1.54, 1.807) is 18.3 Å². The fraction of sp³-hybridized carbons (Fsp3) is 0.200. The maximum absolute atomic E-state index is 9.56. The molecular weight excluding hydrogens is 429 g/mol. The molecule has 0 fully saturated rings. The number of halogens is 2. The molecule has 0 unspecified atom stereocenters. The Balaban J connectivity index is 2.13. The smallest absolute Gasteiger partial charge is 0.139 e. The molecule has 0 aliphatic carbocycles. The first-order chi connectivity index (χ1) is 13.2. The summed E-state index contributed by atoms with van der Waals surface area (Å²) in [5.41, 5.74) is 5.80. The Labute approximate surface area is 179 Å². The molecule has 0 aliphatic heterocycles. The summed E-state index contributed by atoms with van der Waals surface area (Å²) in [6.45, 7) is 6.59. The molecular formula is C20H17Cl2N3OSSi. The third-order valence-corrected chi connectivity index (χ3v) is 6.26. The second-order valence-electron chi connectivity index (χ2n) is 7.08. The first kappa shape index (κ1) is 20.5. The number of nitriles is 1. The maximum atomic E-state index is 9.56. The van der Waals surface area contributed by atoms with Crippen LogP contribution in [0.1, 0.15) is 10.4 Å². The molecule has 0 spiro atoms. The average Bonchev–Trinajstić information content (AvgIpc) is 3.05. The van der Waals surface area contributed by atoms with Gasteiger partial charge in [0.15, 0.2) is 0 Å². The molecule has 1 aromatic carbocycles. The molecule has 8 heteroatoms. The van der Waals surface area contributed by atoms with E-state index in [1.165, 1.54) is 18.4 Å². The first-order valence-electron chi connectivity index (χ1n) is 8.37. The van der Waals surface area contributed by atoms with Crippen LogP contribution in [0.5, 0.6) is 5.75 Å². The van der Waals surface area contributed by atoms with Crippen molar-refractivity contribution in [2.24, 2.45) is 0 Å². The van der Waals surface area contributed by atoms with Gasteiger partial charge in [-0.15, -0.1) is 16.9 Å². The normalized spacial score (nSPS) is 10.9. The minimum Gasteiger partial charge on any atom is -0.495 e. The van der Waals surface area contributed by atoms with Crippen LogP contribution >= 0.6 is 34.5 Å². The summed E-state index contributed by atoms with van der Waals surface area (Å²) >= 11 is 14.0. The Morgan fingerprint density at radius 1 is 1.18 bits per heavy atom. The minimum absolute atomic E-state index is 0.415. The van der Waals surface area contributed by atoms with Crippen molar-refractivity contribution in [2.45, 2.75) is 19.6 Å². The van der Waals surface area contributed by atoms with Gasteiger partial charge in [-0.25, -0.2) is 0 Å². The Morgan fingerprint density at radius 3 is 2.57 bits per heavy atom. The lowest BCUT2D eigenvalue weighted by Crippen LogP contribution is -2.16. The van der Waals surface area contributed by atoms with E-state index < -0.39 is 8.07 Å². The zero-order chi connectivity index (χ0) is 20.5. The highest BCUT2D eigenvalue weighted by atomic mass is 35.5. The van der Waals surface area contributed by atoms with Crippen molar-refractivity contribution in [3.63, 3.8) is 0 Å². The summed E-state index contributed by atoms with van der Waals surface area (Å²) in [5, 5.41) is 13.7. The molecule has 3 aromatic rings. The number of hydrogen-bond acceptors (Lipinski definition) is 5. The van der Waals surface area contributed by atoms with E-state index in [4.69, 9.17) is 27.9 Å². The fourth-order valence-electron chi connectivity index (χ4n) is 2.41. The van der Waals surface area contributed by atoms with Crippen LogP contribution in [0.4, 0.5) is 11.4 Å². The molecule has 2 heterocycles. The van der Waals surface area contributed by atoms with Crippen LogP contribution in [0.15, 0.2) is 24.4 Å². The van der Waals surface area contributed by atoms with Crippen LogP contribution in [0.3, 0.4) is 0 Å². The zero-order valence-electron chi connectivity index (χ0n) is 15.8. The second kappa shape index (κ2) is 8.03.